The van der Waals surface area contributed by atoms with E-state index in [1.165, 1.54) is 42.8 Å². The number of nitrogens with one attached hydrogen (secondary N) is 3. The van der Waals surface area contributed by atoms with Crippen LogP contribution in [0.1, 0.15) is 49.0 Å². The minimum atomic E-state index is -0.00318. The molecule has 1 aromatic heterocycles. The first-order valence-electron chi connectivity index (χ1n) is 12.1. The quantitative estimate of drug-likeness (QED) is 0.275. The second-order valence-electron chi connectivity index (χ2n) is 8.54. The van der Waals surface area contributed by atoms with Gasteiger partial charge in [-0.05, 0) is 75.9 Å². The summed E-state index contributed by atoms with van der Waals surface area (Å²) >= 11 is 7.05. The van der Waals surface area contributed by atoms with Crippen LogP contribution < -0.4 is 20.7 Å². The molecule has 3 N–H and O–H groups in total. The molecule has 1 aromatic carbocycles. The van der Waals surface area contributed by atoms with Gasteiger partial charge in [-0.25, -0.2) is 0 Å². The Morgan fingerprint density at radius 3 is 2.79 bits per heavy atom. The lowest BCUT2D eigenvalue weighted by Gasteiger charge is -2.25. The van der Waals surface area contributed by atoms with Gasteiger partial charge in [-0.3, -0.25) is 9.69 Å². The molecule has 0 saturated carbocycles. The average molecular weight is 501 g/mol. The monoisotopic (exact) mass is 500 g/mol. The van der Waals surface area contributed by atoms with Crippen molar-refractivity contribution in [3.8, 4) is 5.75 Å². The summed E-state index contributed by atoms with van der Waals surface area (Å²) in [6.45, 7) is 6.74. The van der Waals surface area contributed by atoms with Gasteiger partial charge in [0.1, 0.15) is 5.75 Å². The van der Waals surface area contributed by atoms with Crippen LogP contribution in [0, 0.1) is 6.92 Å². The van der Waals surface area contributed by atoms with Crippen LogP contribution in [0.15, 0.2) is 48.0 Å². The number of anilines is 1. The standard InChI is InChI=1S/C26H36N4O2S2/c1-21-9-11-22(12-10-21)29-26(33)28-14-7-8-25(31)27-13-3-6-17-32-23-18-24(34-20-23)19-30-15-4-2-5-16-30/h3,9-13,18,20H,2,4-8,14-17,19H2,1H3,(H,27,31)(H2,28,29,33)/b13-3-. The molecule has 0 aliphatic carbocycles. The number of ether oxygens (including phenoxy) is 1. The zero-order valence-corrected chi connectivity index (χ0v) is 21.6. The van der Waals surface area contributed by atoms with Crippen LogP contribution in [0.5, 0.6) is 5.75 Å². The van der Waals surface area contributed by atoms with Gasteiger partial charge in [0.2, 0.25) is 5.91 Å². The summed E-state index contributed by atoms with van der Waals surface area (Å²) in [4.78, 5) is 15.8. The third kappa shape index (κ3) is 10.2. The van der Waals surface area contributed by atoms with E-state index in [-0.39, 0.29) is 5.91 Å². The zero-order valence-electron chi connectivity index (χ0n) is 20.0. The van der Waals surface area contributed by atoms with Gasteiger partial charge < -0.3 is 20.7 Å². The summed E-state index contributed by atoms with van der Waals surface area (Å²) in [6.07, 6.45) is 9.52. The number of hydrogen-bond acceptors (Lipinski definition) is 5. The number of rotatable bonds is 12. The lowest BCUT2D eigenvalue weighted by atomic mass is 10.1. The minimum absolute atomic E-state index is 0.00318. The smallest absolute Gasteiger partial charge is 0.223 e. The van der Waals surface area contributed by atoms with Crippen LogP contribution >= 0.6 is 23.6 Å². The van der Waals surface area contributed by atoms with Crippen LogP contribution in [-0.4, -0.2) is 42.2 Å². The van der Waals surface area contributed by atoms with E-state index < -0.39 is 0 Å². The summed E-state index contributed by atoms with van der Waals surface area (Å²) in [5.41, 5.74) is 2.16. The molecular weight excluding hydrogens is 464 g/mol. The maximum absolute atomic E-state index is 12.0. The Hall–Kier alpha value is -2.42. The van der Waals surface area contributed by atoms with Crippen molar-refractivity contribution >= 4 is 40.3 Å². The van der Waals surface area contributed by atoms with Gasteiger partial charge in [-0.1, -0.05) is 30.2 Å². The Bertz CT molecular complexity index is 921. The Labute approximate surface area is 212 Å². The number of benzene rings is 1. The Morgan fingerprint density at radius 2 is 2.00 bits per heavy atom. The summed E-state index contributed by atoms with van der Waals surface area (Å²) < 4.78 is 5.83. The molecule has 1 aliphatic rings. The molecule has 2 heterocycles. The number of carbonyl (C=O) groups excluding carboxylic acids is 1. The van der Waals surface area contributed by atoms with E-state index in [0.29, 0.717) is 31.1 Å². The predicted molar refractivity (Wildman–Crippen MR) is 145 cm³/mol. The molecule has 0 radical (unpaired) electrons. The van der Waals surface area contributed by atoms with Gasteiger partial charge >= 0.3 is 0 Å². The zero-order chi connectivity index (χ0) is 24.0. The van der Waals surface area contributed by atoms with Gasteiger partial charge in [0.25, 0.3) is 0 Å². The average Bonchev–Trinajstić information content (AvgIpc) is 3.28. The summed E-state index contributed by atoms with van der Waals surface area (Å²) in [6, 6.07) is 10.2. The van der Waals surface area contributed by atoms with Crippen LogP contribution in [0.25, 0.3) is 0 Å². The molecule has 2 aromatic rings. The van der Waals surface area contributed by atoms with Crippen molar-refractivity contribution in [2.24, 2.45) is 0 Å². The predicted octanol–water partition coefficient (Wildman–Crippen LogP) is 5.21. The summed E-state index contributed by atoms with van der Waals surface area (Å²) in [5, 5.41) is 11.7. The fourth-order valence-corrected chi connectivity index (χ4v) is 4.74. The van der Waals surface area contributed by atoms with Crippen molar-refractivity contribution < 1.29 is 9.53 Å². The number of thiocarbonyl (C=S) groups is 1. The molecule has 8 heteroatoms. The highest BCUT2D eigenvalue weighted by Crippen LogP contribution is 2.24. The Kier molecular flexibility index (Phi) is 11.4. The highest BCUT2D eigenvalue weighted by atomic mass is 32.1. The molecule has 34 heavy (non-hydrogen) atoms. The normalized spacial score (nSPS) is 14.1. The highest BCUT2D eigenvalue weighted by Gasteiger charge is 2.11. The number of hydrogen-bond donors (Lipinski definition) is 3. The Balaban J connectivity index is 1.19. The number of piperidine rings is 1. The second kappa shape index (κ2) is 14.8. The van der Waals surface area contributed by atoms with E-state index in [1.807, 2.05) is 37.3 Å². The fraction of sp³-hybridized carbons (Fsp3) is 0.462. The van der Waals surface area contributed by atoms with E-state index >= 15 is 0 Å². The lowest BCUT2D eigenvalue weighted by molar-refractivity contribution is -0.120. The van der Waals surface area contributed by atoms with Gasteiger partial charge in [0.15, 0.2) is 5.11 Å². The van der Waals surface area contributed by atoms with E-state index in [4.69, 9.17) is 17.0 Å². The summed E-state index contributed by atoms with van der Waals surface area (Å²) in [7, 11) is 0. The molecular formula is C26H36N4O2S2. The topological polar surface area (TPSA) is 65.6 Å². The van der Waals surface area contributed by atoms with Crippen LogP contribution in [-0.2, 0) is 11.3 Å². The van der Waals surface area contributed by atoms with E-state index in [9.17, 15) is 4.79 Å². The first-order valence-corrected chi connectivity index (χ1v) is 13.4. The van der Waals surface area contributed by atoms with Crippen LogP contribution in [0.3, 0.4) is 0 Å². The van der Waals surface area contributed by atoms with Crippen molar-refractivity contribution in [2.75, 3.05) is 31.6 Å². The number of carbonyl (C=O) groups is 1. The summed E-state index contributed by atoms with van der Waals surface area (Å²) in [5.74, 6) is 0.938. The van der Waals surface area contributed by atoms with Gasteiger partial charge in [0, 0.05) is 41.9 Å². The molecule has 1 saturated heterocycles. The van der Waals surface area contributed by atoms with E-state index in [0.717, 1.165) is 24.4 Å². The number of aryl methyl sites for hydroxylation is 1. The molecule has 1 aliphatic heterocycles. The van der Waals surface area contributed by atoms with E-state index in [2.05, 4.69) is 32.3 Å². The molecule has 0 bridgehead atoms. The molecule has 1 amide bonds. The molecule has 3 rings (SSSR count). The van der Waals surface area contributed by atoms with Gasteiger partial charge in [-0.15, -0.1) is 11.3 Å². The van der Waals surface area contributed by atoms with Crippen molar-refractivity contribution in [2.45, 2.75) is 52.0 Å². The minimum Gasteiger partial charge on any atom is -0.492 e. The number of likely N-dealkylation sites (tertiary alicyclic amines) is 1. The fourth-order valence-electron chi connectivity index (χ4n) is 3.67. The van der Waals surface area contributed by atoms with Crippen LogP contribution in [0.2, 0.25) is 0 Å². The second-order valence-corrected chi connectivity index (χ2v) is 9.95. The third-order valence-electron chi connectivity index (χ3n) is 5.55. The lowest BCUT2D eigenvalue weighted by Crippen LogP contribution is -2.30. The van der Waals surface area contributed by atoms with Gasteiger partial charge in [0.05, 0.1) is 6.61 Å². The highest BCUT2D eigenvalue weighted by molar-refractivity contribution is 7.80. The maximum Gasteiger partial charge on any atom is 0.223 e. The van der Waals surface area contributed by atoms with Crippen molar-refractivity contribution in [1.29, 1.82) is 0 Å². The van der Waals surface area contributed by atoms with Gasteiger partial charge in [-0.2, -0.15) is 0 Å². The maximum atomic E-state index is 12.0. The first-order chi connectivity index (χ1) is 16.6. The molecule has 1 fully saturated rings. The molecule has 0 unspecified atom stereocenters. The SMILES string of the molecule is Cc1ccc(NC(=S)NCCCC(=O)N/C=C\CCOc2csc(CN3CCCCC3)c2)cc1. The van der Waals surface area contributed by atoms with Crippen molar-refractivity contribution in [1.82, 2.24) is 15.5 Å². The number of thiophene rings is 1. The number of amides is 1. The van der Waals surface area contributed by atoms with Crippen molar-refractivity contribution in [3.63, 3.8) is 0 Å². The number of nitrogens with zero attached hydrogens (tertiary/aromatic N) is 1. The third-order valence-corrected chi connectivity index (χ3v) is 6.70. The molecule has 0 spiro atoms. The van der Waals surface area contributed by atoms with E-state index in [1.54, 1.807) is 17.5 Å². The molecule has 184 valence electrons. The Morgan fingerprint density at radius 1 is 1.21 bits per heavy atom. The molecule has 6 nitrogen and oxygen atoms in total. The molecule has 0 atom stereocenters. The largest absolute Gasteiger partial charge is 0.492 e. The van der Waals surface area contributed by atoms with Crippen LogP contribution in [0.4, 0.5) is 5.69 Å². The first kappa shape index (κ1) is 26.2. The van der Waals surface area contributed by atoms with Crippen molar-refractivity contribution in [3.05, 3.63) is 58.4 Å².